The summed E-state index contributed by atoms with van der Waals surface area (Å²) < 4.78 is 4.65. The highest BCUT2D eigenvalue weighted by Gasteiger charge is 2.32. The van der Waals surface area contributed by atoms with Crippen molar-refractivity contribution in [2.45, 2.75) is 19.3 Å². The summed E-state index contributed by atoms with van der Waals surface area (Å²) in [5.41, 5.74) is 0.955. The molecule has 0 radical (unpaired) electrons. The molecule has 0 bridgehead atoms. The second kappa shape index (κ2) is 6.32. The quantitative estimate of drug-likeness (QED) is 0.624. The Balaban J connectivity index is 2.35. The Hall–Kier alpha value is -2.13. The molecule has 3 nitrogen and oxygen atoms in total. The number of ether oxygens (including phenoxy) is 1. The normalized spacial score (nSPS) is 11.1. The van der Waals surface area contributed by atoms with Gasteiger partial charge < -0.3 is 4.74 Å². The lowest BCUT2D eigenvalue weighted by molar-refractivity contribution is 0.0600. The number of hydrogen-bond acceptors (Lipinski definition) is 3. The van der Waals surface area contributed by atoms with Crippen LogP contribution in [0.3, 0.4) is 0 Å². The molecule has 0 heterocycles. The number of ketones is 1. The Kier molecular flexibility index (Phi) is 4.67. The Labute approximate surface area is 134 Å². The lowest BCUT2D eigenvalue weighted by Crippen LogP contribution is -2.29. The van der Waals surface area contributed by atoms with Crippen molar-refractivity contribution in [3.8, 4) is 0 Å². The second-order valence-corrected chi connectivity index (χ2v) is 5.91. The fraction of sp³-hybridized carbons (Fsp3) is 0.222. The third kappa shape index (κ3) is 3.04. The molecule has 0 spiro atoms. The summed E-state index contributed by atoms with van der Waals surface area (Å²) in [6, 6.07) is 13.7. The first-order valence-electron chi connectivity index (χ1n) is 6.86. The summed E-state index contributed by atoms with van der Waals surface area (Å²) in [5.74, 6) is -0.485. The van der Waals surface area contributed by atoms with E-state index in [1.54, 1.807) is 30.3 Å². The Bertz CT molecular complexity index is 703. The largest absolute Gasteiger partial charge is 0.465 e. The van der Waals surface area contributed by atoms with Crippen molar-refractivity contribution in [1.29, 1.82) is 0 Å². The fourth-order valence-electron chi connectivity index (χ4n) is 2.33. The van der Waals surface area contributed by atoms with E-state index in [4.69, 9.17) is 11.6 Å². The molecule has 0 aliphatic carbocycles. The molecule has 2 rings (SSSR count). The van der Waals surface area contributed by atoms with Crippen molar-refractivity contribution in [2.24, 2.45) is 0 Å². The molecule has 0 amide bonds. The molecule has 2 aromatic carbocycles. The van der Waals surface area contributed by atoms with Crippen LogP contribution >= 0.6 is 11.6 Å². The molecule has 2 aromatic rings. The Morgan fingerprint density at radius 3 is 2.05 bits per heavy atom. The van der Waals surface area contributed by atoms with Crippen LogP contribution in [0.4, 0.5) is 0 Å². The molecule has 0 N–H and O–H groups in total. The van der Waals surface area contributed by atoms with Crippen molar-refractivity contribution in [1.82, 2.24) is 0 Å². The first kappa shape index (κ1) is 16.2. The molecular weight excluding hydrogens is 300 g/mol. The van der Waals surface area contributed by atoms with Gasteiger partial charge in [-0.25, -0.2) is 4.79 Å². The van der Waals surface area contributed by atoms with Gasteiger partial charge in [-0.2, -0.15) is 0 Å². The van der Waals surface area contributed by atoms with Gasteiger partial charge in [-0.05, 0) is 37.6 Å². The third-order valence-corrected chi connectivity index (χ3v) is 4.01. The van der Waals surface area contributed by atoms with E-state index in [9.17, 15) is 9.59 Å². The number of halogens is 1. The number of esters is 1. The molecule has 22 heavy (non-hydrogen) atoms. The van der Waals surface area contributed by atoms with E-state index >= 15 is 0 Å². The molecule has 0 atom stereocenters. The maximum absolute atomic E-state index is 12.8. The molecular formula is C18H17ClO3. The minimum Gasteiger partial charge on any atom is -0.465 e. The summed E-state index contributed by atoms with van der Waals surface area (Å²) in [6.07, 6.45) is 0. The van der Waals surface area contributed by atoms with E-state index in [0.29, 0.717) is 16.1 Å². The zero-order valence-corrected chi connectivity index (χ0v) is 13.5. The molecule has 0 aliphatic rings. The van der Waals surface area contributed by atoms with Gasteiger partial charge >= 0.3 is 5.97 Å². The SMILES string of the molecule is COC(=O)c1ccc(C(=O)C(C)(C)c2ccccc2Cl)cc1. The molecule has 0 aliphatic heterocycles. The number of Topliss-reactive ketones (excluding diaryl/α,β-unsaturated/α-hetero) is 1. The monoisotopic (exact) mass is 316 g/mol. The Morgan fingerprint density at radius 1 is 0.955 bits per heavy atom. The number of methoxy groups -OCH3 is 1. The third-order valence-electron chi connectivity index (χ3n) is 3.68. The van der Waals surface area contributed by atoms with E-state index < -0.39 is 11.4 Å². The molecule has 0 aromatic heterocycles. The first-order chi connectivity index (χ1) is 10.4. The van der Waals surface area contributed by atoms with Gasteiger partial charge in [-0.3, -0.25) is 4.79 Å². The standard InChI is InChI=1S/C18H17ClO3/c1-18(2,14-6-4-5-7-15(14)19)16(20)12-8-10-13(11-9-12)17(21)22-3/h4-11H,1-3H3. The highest BCUT2D eigenvalue weighted by molar-refractivity contribution is 6.32. The molecule has 0 saturated carbocycles. The fourth-order valence-corrected chi connectivity index (χ4v) is 2.70. The van der Waals surface area contributed by atoms with Crippen LogP contribution in [0.25, 0.3) is 0 Å². The topological polar surface area (TPSA) is 43.4 Å². The van der Waals surface area contributed by atoms with Gasteiger partial charge in [0.15, 0.2) is 5.78 Å². The number of benzene rings is 2. The minimum atomic E-state index is -0.759. The smallest absolute Gasteiger partial charge is 0.337 e. The van der Waals surface area contributed by atoms with Gasteiger partial charge in [0.25, 0.3) is 0 Å². The van der Waals surface area contributed by atoms with Gasteiger partial charge in [0, 0.05) is 10.6 Å². The van der Waals surface area contributed by atoms with E-state index in [1.165, 1.54) is 7.11 Å². The number of hydrogen-bond donors (Lipinski definition) is 0. The summed E-state index contributed by atoms with van der Waals surface area (Å²) in [7, 11) is 1.32. The molecule has 4 heteroatoms. The Morgan fingerprint density at radius 2 is 1.50 bits per heavy atom. The zero-order chi connectivity index (χ0) is 16.3. The highest BCUT2D eigenvalue weighted by Crippen LogP contribution is 2.32. The summed E-state index contributed by atoms with van der Waals surface area (Å²) in [6.45, 7) is 3.68. The minimum absolute atomic E-state index is 0.0583. The van der Waals surface area contributed by atoms with E-state index in [-0.39, 0.29) is 5.78 Å². The predicted molar refractivity (Wildman–Crippen MR) is 86.6 cm³/mol. The van der Waals surface area contributed by atoms with E-state index in [2.05, 4.69) is 4.74 Å². The van der Waals surface area contributed by atoms with Crippen LogP contribution in [-0.2, 0) is 10.2 Å². The maximum atomic E-state index is 12.8. The average molecular weight is 317 g/mol. The van der Waals surface area contributed by atoms with Crippen molar-refractivity contribution < 1.29 is 14.3 Å². The average Bonchev–Trinajstić information content (AvgIpc) is 2.53. The lowest BCUT2D eigenvalue weighted by Gasteiger charge is -2.25. The predicted octanol–water partition coefficient (Wildman–Crippen LogP) is 4.29. The maximum Gasteiger partial charge on any atom is 0.337 e. The number of carbonyl (C=O) groups is 2. The zero-order valence-electron chi connectivity index (χ0n) is 12.7. The van der Waals surface area contributed by atoms with Gasteiger partial charge in [0.2, 0.25) is 0 Å². The molecule has 0 saturated heterocycles. The van der Waals surface area contributed by atoms with Crippen LogP contribution in [0.5, 0.6) is 0 Å². The summed E-state index contributed by atoms with van der Waals surface area (Å²) >= 11 is 6.21. The van der Waals surface area contributed by atoms with E-state index in [0.717, 1.165) is 5.56 Å². The first-order valence-corrected chi connectivity index (χ1v) is 7.24. The summed E-state index contributed by atoms with van der Waals surface area (Å²) in [4.78, 5) is 24.2. The number of carbonyl (C=O) groups excluding carboxylic acids is 2. The van der Waals surface area contributed by atoms with E-state index in [1.807, 2.05) is 32.0 Å². The van der Waals surface area contributed by atoms with Gasteiger partial charge in [0.05, 0.1) is 18.1 Å². The highest BCUT2D eigenvalue weighted by atomic mass is 35.5. The van der Waals surface area contributed by atoms with Gasteiger partial charge in [0.1, 0.15) is 0 Å². The van der Waals surface area contributed by atoms with Crippen molar-refractivity contribution in [3.05, 3.63) is 70.2 Å². The van der Waals surface area contributed by atoms with Crippen LogP contribution in [0, 0.1) is 0 Å². The van der Waals surface area contributed by atoms with Crippen molar-refractivity contribution >= 4 is 23.4 Å². The van der Waals surface area contributed by atoms with Gasteiger partial charge in [-0.1, -0.05) is 41.9 Å². The molecule has 0 fully saturated rings. The number of rotatable bonds is 4. The van der Waals surface area contributed by atoms with Crippen LogP contribution in [0.15, 0.2) is 48.5 Å². The second-order valence-electron chi connectivity index (χ2n) is 5.50. The van der Waals surface area contributed by atoms with Crippen LogP contribution in [0.2, 0.25) is 5.02 Å². The molecule has 114 valence electrons. The lowest BCUT2D eigenvalue weighted by atomic mass is 9.78. The molecule has 0 unspecified atom stereocenters. The van der Waals surface area contributed by atoms with Gasteiger partial charge in [-0.15, -0.1) is 0 Å². The summed E-state index contributed by atoms with van der Waals surface area (Å²) in [5, 5.41) is 0.562. The van der Waals surface area contributed by atoms with Crippen LogP contribution < -0.4 is 0 Å². The van der Waals surface area contributed by atoms with Crippen molar-refractivity contribution in [3.63, 3.8) is 0 Å². The van der Waals surface area contributed by atoms with Crippen molar-refractivity contribution in [2.75, 3.05) is 7.11 Å². The van der Waals surface area contributed by atoms with Crippen LogP contribution in [-0.4, -0.2) is 18.9 Å². The van der Waals surface area contributed by atoms with Crippen LogP contribution in [0.1, 0.15) is 40.1 Å².